The first kappa shape index (κ1) is 12.0. The second-order valence-electron chi connectivity index (χ2n) is 3.87. The van der Waals surface area contributed by atoms with Crippen LogP contribution in [0.2, 0.25) is 0 Å². The Morgan fingerprint density at radius 2 is 2.24 bits per heavy atom. The molecule has 2 N–H and O–H groups in total. The van der Waals surface area contributed by atoms with E-state index in [1.807, 2.05) is 23.6 Å². The Morgan fingerprint density at radius 3 is 2.88 bits per heavy atom. The molecule has 0 amide bonds. The summed E-state index contributed by atoms with van der Waals surface area (Å²) in [5.74, 6) is 0.541. The number of hydrogen-bond donors (Lipinski definition) is 2. The minimum atomic E-state index is -0.134. The highest BCUT2D eigenvalue weighted by Gasteiger charge is 2.12. The first-order valence-corrected chi connectivity index (χ1v) is 5.95. The molecule has 0 saturated carbocycles. The van der Waals surface area contributed by atoms with Crippen molar-refractivity contribution in [1.82, 2.24) is 14.8 Å². The van der Waals surface area contributed by atoms with Crippen LogP contribution in [0, 0.1) is 11.7 Å². The molecule has 0 saturated heterocycles. The number of aliphatic hydroxyl groups excluding tert-OH is 1. The van der Waals surface area contributed by atoms with Crippen LogP contribution in [0.4, 0.5) is 0 Å². The normalized spacial score (nSPS) is 10.8. The van der Waals surface area contributed by atoms with Crippen LogP contribution in [0.25, 0.3) is 5.69 Å². The van der Waals surface area contributed by atoms with Crippen molar-refractivity contribution in [3.8, 4) is 5.69 Å². The van der Waals surface area contributed by atoms with Crippen molar-refractivity contribution < 1.29 is 5.11 Å². The van der Waals surface area contributed by atoms with Gasteiger partial charge in [0.1, 0.15) is 6.61 Å². The molecule has 1 aromatic heterocycles. The first-order valence-electron chi connectivity index (χ1n) is 5.55. The quantitative estimate of drug-likeness (QED) is 0.821. The number of aromatic nitrogens is 3. The van der Waals surface area contributed by atoms with E-state index in [0.717, 1.165) is 17.7 Å². The second-order valence-corrected chi connectivity index (χ2v) is 4.26. The topological polar surface area (TPSA) is 53.8 Å². The van der Waals surface area contributed by atoms with E-state index in [4.69, 9.17) is 12.2 Å². The molecule has 2 rings (SSSR count). The predicted molar refractivity (Wildman–Crippen MR) is 68.8 cm³/mol. The van der Waals surface area contributed by atoms with Gasteiger partial charge >= 0.3 is 0 Å². The maximum absolute atomic E-state index is 9.30. The van der Waals surface area contributed by atoms with Gasteiger partial charge < -0.3 is 5.11 Å². The molecular formula is C12H15N3OS. The number of aryl methyl sites for hydroxylation is 2. The van der Waals surface area contributed by atoms with Gasteiger partial charge in [-0.3, -0.25) is 9.67 Å². The van der Waals surface area contributed by atoms with Crippen LogP contribution in [-0.2, 0) is 13.0 Å². The lowest BCUT2D eigenvalue weighted by molar-refractivity contribution is 0.268. The zero-order valence-corrected chi connectivity index (χ0v) is 10.7. The monoisotopic (exact) mass is 249 g/mol. The van der Waals surface area contributed by atoms with Gasteiger partial charge in [0.2, 0.25) is 0 Å². The van der Waals surface area contributed by atoms with E-state index in [1.165, 1.54) is 5.56 Å². The van der Waals surface area contributed by atoms with Gasteiger partial charge in [0.15, 0.2) is 10.6 Å². The largest absolute Gasteiger partial charge is 0.388 e. The van der Waals surface area contributed by atoms with Crippen molar-refractivity contribution in [2.45, 2.75) is 26.9 Å². The molecule has 0 aliphatic carbocycles. The van der Waals surface area contributed by atoms with Crippen molar-refractivity contribution in [3.05, 3.63) is 39.9 Å². The molecular weight excluding hydrogens is 234 g/mol. The number of H-pyrrole nitrogens is 1. The van der Waals surface area contributed by atoms with Crippen LogP contribution in [0.5, 0.6) is 0 Å². The van der Waals surface area contributed by atoms with E-state index in [-0.39, 0.29) is 6.61 Å². The molecule has 0 spiro atoms. The Hall–Kier alpha value is -1.46. The zero-order valence-electron chi connectivity index (χ0n) is 9.90. The van der Waals surface area contributed by atoms with Gasteiger partial charge in [-0.15, -0.1) is 0 Å². The molecule has 0 aliphatic rings. The third-order valence-corrected chi connectivity index (χ3v) is 3.08. The highest BCUT2D eigenvalue weighted by Crippen LogP contribution is 2.21. The van der Waals surface area contributed by atoms with Gasteiger partial charge in [-0.2, -0.15) is 5.10 Å². The summed E-state index contributed by atoms with van der Waals surface area (Å²) in [6.07, 6.45) is 0.912. The summed E-state index contributed by atoms with van der Waals surface area (Å²) >= 11 is 5.22. The zero-order chi connectivity index (χ0) is 12.4. The van der Waals surface area contributed by atoms with Gasteiger partial charge in [0.25, 0.3) is 0 Å². The van der Waals surface area contributed by atoms with Crippen molar-refractivity contribution >= 4 is 12.2 Å². The van der Waals surface area contributed by atoms with E-state index in [2.05, 4.69) is 23.2 Å². The number of rotatable bonds is 3. The van der Waals surface area contributed by atoms with E-state index >= 15 is 0 Å². The van der Waals surface area contributed by atoms with Crippen LogP contribution < -0.4 is 0 Å². The van der Waals surface area contributed by atoms with E-state index < -0.39 is 0 Å². The van der Waals surface area contributed by atoms with Crippen molar-refractivity contribution in [2.24, 2.45) is 0 Å². The summed E-state index contributed by atoms with van der Waals surface area (Å²) in [5, 5.41) is 16.0. The van der Waals surface area contributed by atoms with E-state index in [9.17, 15) is 5.11 Å². The highest BCUT2D eigenvalue weighted by molar-refractivity contribution is 7.71. The van der Waals surface area contributed by atoms with Crippen LogP contribution in [0.15, 0.2) is 18.2 Å². The molecule has 1 heterocycles. The van der Waals surface area contributed by atoms with Crippen LogP contribution >= 0.6 is 12.2 Å². The van der Waals surface area contributed by atoms with Crippen molar-refractivity contribution in [3.63, 3.8) is 0 Å². The summed E-state index contributed by atoms with van der Waals surface area (Å²) in [5.41, 5.74) is 3.34. The second kappa shape index (κ2) is 4.81. The minimum absolute atomic E-state index is 0.134. The molecule has 4 nitrogen and oxygen atoms in total. The standard InChI is InChI=1S/C12H15N3OS/c1-3-9-6-4-5-8(2)11(9)15-10(7-16)13-14-12(15)17/h4-6,16H,3,7H2,1-2H3,(H,14,17). The SMILES string of the molecule is CCc1cccc(C)c1-n1c(CO)n[nH]c1=S. The number of nitrogens with zero attached hydrogens (tertiary/aromatic N) is 2. The summed E-state index contributed by atoms with van der Waals surface area (Å²) in [7, 11) is 0. The summed E-state index contributed by atoms with van der Waals surface area (Å²) in [6.45, 7) is 4.00. The number of nitrogens with one attached hydrogen (secondary N) is 1. The summed E-state index contributed by atoms with van der Waals surface area (Å²) in [4.78, 5) is 0. The highest BCUT2D eigenvalue weighted by atomic mass is 32.1. The number of hydrogen-bond acceptors (Lipinski definition) is 3. The third kappa shape index (κ3) is 2.03. The maximum Gasteiger partial charge on any atom is 0.199 e. The van der Waals surface area contributed by atoms with Crippen molar-refractivity contribution in [1.29, 1.82) is 0 Å². The molecule has 1 aromatic carbocycles. The fourth-order valence-electron chi connectivity index (χ4n) is 1.99. The van der Waals surface area contributed by atoms with E-state index in [0.29, 0.717) is 10.6 Å². The van der Waals surface area contributed by atoms with Crippen LogP contribution in [-0.4, -0.2) is 19.9 Å². The smallest absolute Gasteiger partial charge is 0.199 e. The van der Waals surface area contributed by atoms with Gasteiger partial charge in [0, 0.05) is 0 Å². The Kier molecular flexibility index (Phi) is 3.40. The molecule has 0 radical (unpaired) electrons. The fourth-order valence-corrected chi connectivity index (χ4v) is 2.23. The number of aromatic amines is 1. The number of aliphatic hydroxyl groups is 1. The Bertz CT molecular complexity index is 586. The predicted octanol–water partition coefficient (Wildman–Crippen LogP) is 2.29. The summed E-state index contributed by atoms with van der Waals surface area (Å²) in [6, 6.07) is 6.13. The molecule has 0 bridgehead atoms. The molecule has 0 fully saturated rings. The van der Waals surface area contributed by atoms with Crippen LogP contribution in [0.1, 0.15) is 23.9 Å². The molecule has 0 atom stereocenters. The first-order chi connectivity index (χ1) is 8.19. The lowest BCUT2D eigenvalue weighted by atomic mass is 10.1. The number of para-hydroxylation sites is 1. The molecule has 0 aliphatic heterocycles. The van der Waals surface area contributed by atoms with Gasteiger partial charge in [-0.25, -0.2) is 0 Å². The molecule has 0 unspecified atom stereocenters. The van der Waals surface area contributed by atoms with Gasteiger partial charge in [0.05, 0.1) is 5.69 Å². The number of benzene rings is 1. The van der Waals surface area contributed by atoms with Gasteiger partial charge in [-0.05, 0) is 36.7 Å². The van der Waals surface area contributed by atoms with E-state index in [1.54, 1.807) is 0 Å². The Labute approximate surface area is 105 Å². The molecule has 17 heavy (non-hydrogen) atoms. The van der Waals surface area contributed by atoms with Crippen LogP contribution in [0.3, 0.4) is 0 Å². The third-order valence-electron chi connectivity index (χ3n) is 2.81. The molecule has 2 aromatic rings. The average Bonchev–Trinajstić information content (AvgIpc) is 2.70. The minimum Gasteiger partial charge on any atom is -0.388 e. The molecule has 90 valence electrons. The Morgan fingerprint density at radius 1 is 1.47 bits per heavy atom. The lowest BCUT2D eigenvalue weighted by Crippen LogP contribution is -2.06. The summed E-state index contributed by atoms with van der Waals surface area (Å²) < 4.78 is 2.32. The van der Waals surface area contributed by atoms with Crippen molar-refractivity contribution in [2.75, 3.05) is 0 Å². The fraction of sp³-hybridized carbons (Fsp3) is 0.333. The maximum atomic E-state index is 9.30. The Balaban J connectivity index is 2.75. The lowest BCUT2D eigenvalue weighted by Gasteiger charge is -2.13. The average molecular weight is 249 g/mol. The van der Waals surface area contributed by atoms with Gasteiger partial charge in [-0.1, -0.05) is 25.1 Å². The molecule has 5 heteroatoms.